The van der Waals surface area contributed by atoms with Crippen LogP contribution in [0.1, 0.15) is 45.4 Å². The van der Waals surface area contributed by atoms with Gasteiger partial charge < -0.3 is 5.32 Å². The molecule has 1 N–H and O–H groups in total. The van der Waals surface area contributed by atoms with Gasteiger partial charge in [0.2, 0.25) is 0 Å². The number of aliphatic imine (C=N–C) groups is 1. The van der Waals surface area contributed by atoms with E-state index in [1.165, 1.54) is 25.7 Å². The number of nitrogens with one attached hydrogen (secondary N) is 1. The van der Waals surface area contributed by atoms with Gasteiger partial charge in [0.25, 0.3) is 0 Å². The average molecular weight is 316 g/mol. The highest BCUT2D eigenvalue weighted by atomic mass is 32.2. The molecule has 2 saturated heterocycles. The fourth-order valence-electron chi connectivity index (χ4n) is 3.43. The van der Waals surface area contributed by atoms with Gasteiger partial charge in [-0.3, -0.25) is 4.99 Å². The average Bonchev–Trinajstić information content (AvgIpc) is 2.76. The van der Waals surface area contributed by atoms with Crippen molar-refractivity contribution in [2.75, 3.05) is 17.3 Å². The molecule has 1 atom stereocenters. The summed E-state index contributed by atoms with van der Waals surface area (Å²) in [6, 6.07) is -0.0265. The van der Waals surface area contributed by atoms with Crippen LogP contribution in [-0.2, 0) is 9.84 Å². The smallest absolute Gasteiger partial charge is 0.157 e. The maximum absolute atomic E-state index is 11.7. The Kier molecular flexibility index (Phi) is 4.06. The molecule has 0 bridgehead atoms. The van der Waals surface area contributed by atoms with Crippen LogP contribution in [-0.4, -0.2) is 42.4 Å². The van der Waals surface area contributed by atoms with Crippen molar-refractivity contribution in [2.24, 2.45) is 10.9 Å². The maximum Gasteiger partial charge on any atom is 0.157 e. The first-order valence-electron chi connectivity index (χ1n) is 7.66. The Bertz CT molecular complexity index is 493. The van der Waals surface area contributed by atoms with E-state index in [0.717, 1.165) is 29.7 Å². The molecule has 0 aromatic carbocycles. The third kappa shape index (κ3) is 3.32. The molecule has 1 aliphatic carbocycles. The molecule has 20 heavy (non-hydrogen) atoms. The Balaban J connectivity index is 1.63. The van der Waals surface area contributed by atoms with Gasteiger partial charge in [-0.05, 0) is 44.4 Å². The molecule has 0 radical (unpaired) electrons. The highest BCUT2D eigenvalue weighted by molar-refractivity contribution is 8.14. The molecule has 3 aliphatic rings. The summed E-state index contributed by atoms with van der Waals surface area (Å²) in [6.45, 7) is 2.33. The molecule has 0 aromatic heterocycles. The molecule has 3 rings (SSSR count). The summed E-state index contributed by atoms with van der Waals surface area (Å²) in [5, 5.41) is 4.61. The maximum atomic E-state index is 11.7. The van der Waals surface area contributed by atoms with Crippen molar-refractivity contribution in [3.8, 4) is 0 Å². The SMILES string of the molecule is CC1CCC2(CC1)CSC(=NC1CCCS(=O)(=O)C1)N2. The summed E-state index contributed by atoms with van der Waals surface area (Å²) in [7, 11) is -2.86. The summed E-state index contributed by atoms with van der Waals surface area (Å²) >= 11 is 1.79. The van der Waals surface area contributed by atoms with E-state index >= 15 is 0 Å². The Morgan fingerprint density at radius 1 is 1.30 bits per heavy atom. The van der Waals surface area contributed by atoms with E-state index in [1.54, 1.807) is 11.8 Å². The normalized spacial score (nSPS) is 42.8. The van der Waals surface area contributed by atoms with Crippen molar-refractivity contribution in [1.82, 2.24) is 5.32 Å². The number of nitrogens with zero attached hydrogens (tertiary/aromatic N) is 1. The van der Waals surface area contributed by atoms with Crippen molar-refractivity contribution in [3.05, 3.63) is 0 Å². The third-order valence-electron chi connectivity index (χ3n) is 4.83. The predicted molar refractivity (Wildman–Crippen MR) is 85.1 cm³/mol. The minimum absolute atomic E-state index is 0.0265. The zero-order valence-corrected chi connectivity index (χ0v) is 13.7. The van der Waals surface area contributed by atoms with Gasteiger partial charge in [0.15, 0.2) is 15.0 Å². The van der Waals surface area contributed by atoms with Gasteiger partial charge in [0, 0.05) is 11.3 Å². The van der Waals surface area contributed by atoms with Crippen LogP contribution in [0.4, 0.5) is 0 Å². The van der Waals surface area contributed by atoms with Gasteiger partial charge in [-0.2, -0.15) is 0 Å². The fraction of sp³-hybridized carbons (Fsp3) is 0.929. The first kappa shape index (κ1) is 14.7. The van der Waals surface area contributed by atoms with E-state index < -0.39 is 9.84 Å². The zero-order chi connectivity index (χ0) is 14.2. The number of sulfone groups is 1. The van der Waals surface area contributed by atoms with Crippen LogP contribution in [0.3, 0.4) is 0 Å². The van der Waals surface area contributed by atoms with Crippen LogP contribution in [0.25, 0.3) is 0 Å². The largest absolute Gasteiger partial charge is 0.359 e. The highest BCUT2D eigenvalue weighted by Crippen LogP contribution is 2.38. The zero-order valence-electron chi connectivity index (χ0n) is 12.1. The molecule has 4 nitrogen and oxygen atoms in total. The second-order valence-electron chi connectivity index (χ2n) is 6.72. The Labute approximate surface area is 126 Å². The lowest BCUT2D eigenvalue weighted by Crippen LogP contribution is -2.46. The summed E-state index contributed by atoms with van der Waals surface area (Å²) in [5.74, 6) is 2.52. The van der Waals surface area contributed by atoms with E-state index in [9.17, 15) is 8.42 Å². The van der Waals surface area contributed by atoms with Crippen molar-refractivity contribution in [2.45, 2.75) is 57.0 Å². The quantitative estimate of drug-likeness (QED) is 0.806. The molecular weight excluding hydrogens is 292 g/mol. The number of hydrogen-bond donors (Lipinski definition) is 1. The van der Waals surface area contributed by atoms with Gasteiger partial charge in [-0.1, -0.05) is 18.7 Å². The van der Waals surface area contributed by atoms with Gasteiger partial charge in [-0.15, -0.1) is 0 Å². The number of thioether (sulfide) groups is 1. The van der Waals surface area contributed by atoms with Crippen LogP contribution in [0.5, 0.6) is 0 Å². The van der Waals surface area contributed by atoms with E-state index in [4.69, 9.17) is 0 Å². The lowest BCUT2D eigenvalue weighted by atomic mass is 9.78. The second kappa shape index (κ2) is 5.52. The van der Waals surface area contributed by atoms with Crippen LogP contribution < -0.4 is 5.32 Å². The summed E-state index contributed by atoms with van der Waals surface area (Å²) < 4.78 is 23.3. The summed E-state index contributed by atoms with van der Waals surface area (Å²) in [6.07, 6.45) is 6.70. The standard InChI is InChI=1S/C14H24N2O2S2/c1-11-4-6-14(7-5-11)10-19-13(16-14)15-12-3-2-8-20(17,18)9-12/h11-12H,2-10H2,1H3,(H,15,16). The number of rotatable bonds is 1. The van der Waals surface area contributed by atoms with Gasteiger partial charge in [0.05, 0.1) is 17.5 Å². The Morgan fingerprint density at radius 3 is 2.75 bits per heavy atom. The van der Waals surface area contributed by atoms with Crippen LogP contribution in [0, 0.1) is 5.92 Å². The molecule has 2 heterocycles. The topological polar surface area (TPSA) is 58.5 Å². The monoisotopic (exact) mass is 316 g/mol. The van der Waals surface area contributed by atoms with E-state index in [0.29, 0.717) is 5.75 Å². The Hall–Kier alpha value is -0.230. The van der Waals surface area contributed by atoms with Gasteiger partial charge >= 0.3 is 0 Å². The molecule has 6 heteroatoms. The van der Waals surface area contributed by atoms with Crippen molar-refractivity contribution >= 4 is 26.8 Å². The minimum Gasteiger partial charge on any atom is -0.359 e. The molecule has 1 spiro atoms. The third-order valence-corrected chi connectivity index (χ3v) is 7.81. The molecule has 1 saturated carbocycles. The Morgan fingerprint density at radius 2 is 2.05 bits per heavy atom. The van der Waals surface area contributed by atoms with E-state index in [2.05, 4.69) is 17.2 Å². The highest BCUT2D eigenvalue weighted by Gasteiger charge is 2.40. The van der Waals surface area contributed by atoms with Crippen molar-refractivity contribution in [1.29, 1.82) is 0 Å². The van der Waals surface area contributed by atoms with Crippen LogP contribution in [0.15, 0.2) is 4.99 Å². The molecular formula is C14H24N2O2S2. The number of hydrogen-bond acceptors (Lipinski definition) is 4. The minimum atomic E-state index is -2.86. The van der Waals surface area contributed by atoms with Crippen molar-refractivity contribution in [3.63, 3.8) is 0 Å². The lowest BCUT2D eigenvalue weighted by molar-refractivity contribution is 0.250. The fourth-order valence-corrected chi connectivity index (χ4v) is 6.31. The van der Waals surface area contributed by atoms with E-state index in [-0.39, 0.29) is 17.3 Å². The second-order valence-corrected chi connectivity index (χ2v) is 9.91. The summed E-state index contributed by atoms with van der Waals surface area (Å²) in [5.41, 5.74) is 0.240. The first-order chi connectivity index (χ1) is 9.46. The first-order valence-corrected chi connectivity index (χ1v) is 10.5. The molecule has 2 aliphatic heterocycles. The molecule has 1 unspecified atom stereocenters. The molecule has 114 valence electrons. The lowest BCUT2D eigenvalue weighted by Gasteiger charge is -2.35. The predicted octanol–water partition coefficient (Wildman–Crippen LogP) is 2.20. The number of amidine groups is 1. The van der Waals surface area contributed by atoms with E-state index in [1.807, 2.05) is 0 Å². The molecule has 3 fully saturated rings. The summed E-state index contributed by atoms with van der Waals surface area (Å²) in [4.78, 5) is 4.69. The van der Waals surface area contributed by atoms with Gasteiger partial charge in [-0.25, -0.2) is 8.42 Å². The molecule has 0 amide bonds. The van der Waals surface area contributed by atoms with Crippen LogP contribution in [0.2, 0.25) is 0 Å². The van der Waals surface area contributed by atoms with Gasteiger partial charge in [0.1, 0.15) is 0 Å². The van der Waals surface area contributed by atoms with Crippen LogP contribution >= 0.6 is 11.8 Å². The molecule has 0 aromatic rings. The van der Waals surface area contributed by atoms with Crippen molar-refractivity contribution < 1.29 is 8.42 Å².